The van der Waals surface area contributed by atoms with Gasteiger partial charge in [-0.2, -0.15) is 0 Å². The first-order valence-electron chi connectivity index (χ1n) is 11.9. The largest absolute Gasteiger partial charge is 0.500 e. The van der Waals surface area contributed by atoms with Crippen molar-refractivity contribution < 1.29 is 14.6 Å². The molecule has 0 aromatic carbocycles. The number of aliphatic hydroxyl groups is 1. The van der Waals surface area contributed by atoms with Gasteiger partial charge in [-0.15, -0.1) is 0 Å². The predicted molar refractivity (Wildman–Crippen MR) is 128 cm³/mol. The molecule has 4 atom stereocenters. The molecule has 1 heterocycles. The summed E-state index contributed by atoms with van der Waals surface area (Å²) in [6.45, 7) is 4.45. The minimum Gasteiger partial charge on any atom is -0.500 e. The number of ether oxygens (including phenoxy) is 2. The number of nitrogens with one attached hydrogen (secondary N) is 1. The van der Waals surface area contributed by atoms with Gasteiger partial charge < -0.3 is 30.5 Å². The second-order valence-corrected chi connectivity index (χ2v) is 10.3. The molecule has 0 aromatic rings. The van der Waals surface area contributed by atoms with Crippen molar-refractivity contribution in [3.8, 4) is 0 Å². The van der Waals surface area contributed by atoms with Gasteiger partial charge >= 0.3 is 0 Å². The van der Waals surface area contributed by atoms with E-state index in [0.717, 1.165) is 50.1 Å². The SMILES string of the molecule is COC1=C(Cl)C=C(NC[C@@H](O)CN(N)CC(N)CCN(C)C2C[C@@H](C)OC3(CC3)C2)CC1. The smallest absolute Gasteiger partial charge is 0.115 e. The van der Waals surface area contributed by atoms with Gasteiger partial charge in [0.1, 0.15) is 5.76 Å². The number of hydrogen-bond donors (Lipinski definition) is 4. The van der Waals surface area contributed by atoms with Crippen LogP contribution in [0.2, 0.25) is 0 Å². The molecule has 2 fully saturated rings. The van der Waals surface area contributed by atoms with Crippen LogP contribution in [0.4, 0.5) is 0 Å². The third kappa shape index (κ3) is 7.58. The monoisotopic (exact) mass is 471 g/mol. The molecule has 2 aliphatic carbocycles. The molecule has 1 saturated heterocycles. The van der Waals surface area contributed by atoms with E-state index >= 15 is 0 Å². The molecule has 184 valence electrons. The predicted octanol–water partition coefficient (Wildman–Crippen LogP) is 1.64. The maximum absolute atomic E-state index is 10.4. The highest BCUT2D eigenvalue weighted by atomic mass is 35.5. The lowest BCUT2D eigenvalue weighted by Crippen LogP contribution is -2.49. The van der Waals surface area contributed by atoms with E-state index in [4.69, 9.17) is 32.7 Å². The van der Waals surface area contributed by atoms with E-state index in [1.54, 1.807) is 12.1 Å². The highest BCUT2D eigenvalue weighted by molar-refractivity contribution is 6.31. The molecule has 0 aromatic heterocycles. The number of aliphatic hydroxyl groups excluding tert-OH is 1. The molecule has 6 N–H and O–H groups in total. The van der Waals surface area contributed by atoms with Gasteiger partial charge in [-0.05, 0) is 65.1 Å². The van der Waals surface area contributed by atoms with Crippen molar-refractivity contribution in [1.82, 2.24) is 15.2 Å². The van der Waals surface area contributed by atoms with E-state index in [1.807, 2.05) is 6.08 Å². The molecule has 9 heteroatoms. The van der Waals surface area contributed by atoms with Crippen LogP contribution in [0.1, 0.15) is 51.9 Å². The van der Waals surface area contributed by atoms with Crippen LogP contribution < -0.4 is 16.9 Å². The van der Waals surface area contributed by atoms with Gasteiger partial charge in [-0.3, -0.25) is 5.84 Å². The van der Waals surface area contributed by atoms with Crippen molar-refractivity contribution >= 4 is 11.6 Å². The fourth-order valence-electron chi connectivity index (χ4n) is 4.83. The summed E-state index contributed by atoms with van der Waals surface area (Å²) in [4.78, 5) is 2.44. The second kappa shape index (κ2) is 11.5. The molecule has 32 heavy (non-hydrogen) atoms. The van der Waals surface area contributed by atoms with Crippen molar-refractivity contribution in [1.29, 1.82) is 0 Å². The van der Waals surface area contributed by atoms with Crippen LogP contribution in [-0.2, 0) is 9.47 Å². The summed E-state index contributed by atoms with van der Waals surface area (Å²) < 4.78 is 11.4. The molecule has 3 aliphatic rings. The van der Waals surface area contributed by atoms with Crippen LogP contribution in [0.25, 0.3) is 0 Å². The van der Waals surface area contributed by atoms with Gasteiger partial charge in [0, 0.05) is 43.8 Å². The summed E-state index contributed by atoms with van der Waals surface area (Å²) in [5, 5.41) is 15.8. The number of nitrogens with two attached hydrogens (primary N) is 2. The number of halogens is 1. The molecule has 1 saturated carbocycles. The standard InChI is InChI=1S/C23H42ClN5O3/c1-16-10-19(12-23(32-16)7-8-23)28(2)9-6-17(25)14-29(26)15-20(30)13-27-18-4-5-22(31-3)21(24)11-18/h11,16-17,19-20,27,30H,4-10,12-15,25-26H2,1-3H3/t16-,17?,19?,20-/m1/s1. The molecule has 8 nitrogen and oxygen atoms in total. The van der Waals surface area contributed by atoms with Crippen LogP contribution in [0.5, 0.6) is 0 Å². The Kier molecular flexibility index (Phi) is 9.26. The van der Waals surface area contributed by atoms with Crippen molar-refractivity contribution in [3.05, 3.63) is 22.6 Å². The minimum atomic E-state index is -0.596. The molecule has 1 aliphatic heterocycles. The average Bonchev–Trinajstić information content (AvgIpc) is 3.47. The lowest BCUT2D eigenvalue weighted by atomic mass is 9.96. The Labute approximate surface area is 197 Å². The first-order valence-corrected chi connectivity index (χ1v) is 12.3. The van der Waals surface area contributed by atoms with Gasteiger partial charge in [-0.25, -0.2) is 5.01 Å². The fraction of sp³-hybridized carbons (Fsp3) is 0.826. The van der Waals surface area contributed by atoms with E-state index in [9.17, 15) is 5.11 Å². The molecule has 2 unspecified atom stereocenters. The zero-order valence-electron chi connectivity index (χ0n) is 19.9. The van der Waals surface area contributed by atoms with Crippen LogP contribution >= 0.6 is 11.6 Å². The fourth-order valence-corrected chi connectivity index (χ4v) is 5.13. The van der Waals surface area contributed by atoms with Crippen LogP contribution in [0, 0.1) is 0 Å². The Hall–Kier alpha value is -0.870. The van der Waals surface area contributed by atoms with Crippen molar-refractivity contribution in [2.45, 2.75) is 81.8 Å². The number of rotatable bonds is 12. The second-order valence-electron chi connectivity index (χ2n) is 9.87. The van der Waals surface area contributed by atoms with E-state index in [-0.39, 0.29) is 11.6 Å². The highest BCUT2D eigenvalue weighted by Crippen LogP contribution is 2.48. The highest BCUT2D eigenvalue weighted by Gasteiger charge is 2.50. The van der Waals surface area contributed by atoms with Gasteiger partial charge in [0.2, 0.25) is 0 Å². The van der Waals surface area contributed by atoms with Gasteiger partial charge in [-0.1, -0.05) is 11.6 Å². The molecule has 0 amide bonds. The Bertz CT molecular complexity index is 685. The summed E-state index contributed by atoms with van der Waals surface area (Å²) in [6, 6.07) is 0.528. The maximum Gasteiger partial charge on any atom is 0.115 e. The van der Waals surface area contributed by atoms with Gasteiger partial charge in [0.15, 0.2) is 0 Å². The summed E-state index contributed by atoms with van der Waals surface area (Å²) in [5.41, 5.74) is 7.50. The first-order chi connectivity index (χ1) is 15.2. The Morgan fingerprint density at radius 1 is 1.38 bits per heavy atom. The normalized spacial score (nSPS) is 27.0. The summed E-state index contributed by atoms with van der Waals surface area (Å²) in [5.74, 6) is 6.92. The third-order valence-corrected chi connectivity index (χ3v) is 7.18. The Balaban J connectivity index is 1.32. The molecule has 0 bridgehead atoms. The van der Waals surface area contributed by atoms with Crippen LogP contribution in [0.3, 0.4) is 0 Å². The zero-order chi connectivity index (χ0) is 23.3. The number of hydrogen-bond acceptors (Lipinski definition) is 8. The first kappa shape index (κ1) is 25.7. The van der Waals surface area contributed by atoms with E-state index < -0.39 is 6.10 Å². The molecule has 3 rings (SSSR count). The summed E-state index contributed by atoms with van der Waals surface area (Å²) in [7, 11) is 3.82. The topological polar surface area (TPSA) is 109 Å². The minimum absolute atomic E-state index is 0.0350. The third-order valence-electron chi connectivity index (χ3n) is 6.86. The summed E-state index contributed by atoms with van der Waals surface area (Å²) in [6.07, 6.45) is 8.65. The van der Waals surface area contributed by atoms with Gasteiger partial charge in [0.25, 0.3) is 0 Å². The van der Waals surface area contributed by atoms with Crippen molar-refractivity contribution in [3.63, 3.8) is 0 Å². The maximum atomic E-state index is 10.4. The molecular weight excluding hydrogens is 430 g/mol. The van der Waals surface area contributed by atoms with Crippen LogP contribution in [-0.4, -0.2) is 85.2 Å². The lowest BCUT2D eigenvalue weighted by molar-refractivity contribution is -0.0867. The van der Waals surface area contributed by atoms with Crippen molar-refractivity contribution in [2.75, 3.05) is 40.3 Å². The molecule has 0 radical (unpaired) electrons. The van der Waals surface area contributed by atoms with E-state index in [2.05, 4.69) is 24.2 Å². The van der Waals surface area contributed by atoms with Gasteiger partial charge in [0.05, 0.1) is 30.0 Å². The number of methoxy groups -OCH3 is 1. The average molecular weight is 472 g/mol. The number of nitrogens with zero attached hydrogens (tertiary/aromatic N) is 2. The molecule has 1 spiro atoms. The van der Waals surface area contributed by atoms with Crippen molar-refractivity contribution in [2.24, 2.45) is 11.6 Å². The Morgan fingerprint density at radius 3 is 2.78 bits per heavy atom. The molecular formula is C23H42ClN5O3. The Morgan fingerprint density at radius 2 is 2.12 bits per heavy atom. The van der Waals surface area contributed by atoms with E-state index in [0.29, 0.717) is 36.8 Å². The number of hydrazine groups is 1. The van der Waals surface area contributed by atoms with Crippen LogP contribution in [0.15, 0.2) is 22.6 Å². The summed E-state index contributed by atoms with van der Waals surface area (Å²) >= 11 is 6.18. The zero-order valence-corrected chi connectivity index (χ0v) is 20.6. The lowest BCUT2D eigenvalue weighted by Gasteiger charge is -2.39. The van der Waals surface area contributed by atoms with E-state index in [1.165, 1.54) is 12.8 Å². The number of allylic oxidation sites excluding steroid dienone is 4. The quantitative estimate of drug-likeness (QED) is 0.251.